The molecule has 1 aliphatic rings. The molecule has 0 heterocycles. The maximum Gasteiger partial charge on any atom is 0.282 e. The Labute approximate surface area is 119 Å². The van der Waals surface area contributed by atoms with Crippen molar-refractivity contribution in [3.8, 4) is 0 Å². The smallest absolute Gasteiger partial charge is 0.282 e. The summed E-state index contributed by atoms with van der Waals surface area (Å²) in [6.45, 7) is 1.65. The first-order chi connectivity index (χ1) is 8.90. The van der Waals surface area contributed by atoms with Gasteiger partial charge in [0.2, 0.25) is 0 Å². The number of benzene rings is 1. The number of hydrogen-bond donors (Lipinski definition) is 0. The van der Waals surface area contributed by atoms with Crippen molar-refractivity contribution in [1.82, 2.24) is 0 Å². The number of hydrogen-bond acceptors (Lipinski definition) is 3. The van der Waals surface area contributed by atoms with Crippen LogP contribution in [0.25, 0.3) is 0 Å². The van der Waals surface area contributed by atoms with Crippen molar-refractivity contribution >= 4 is 37.4 Å². The van der Waals surface area contributed by atoms with E-state index >= 15 is 0 Å². The summed E-state index contributed by atoms with van der Waals surface area (Å²) in [5.74, 6) is -0.200. The van der Waals surface area contributed by atoms with Crippen LogP contribution in [0.5, 0.6) is 0 Å². The van der Waals surface area contributed by atoms with E-state index in [1.165, 1.54) is 24.3 Å². The standard InChI is InChI=1S/C13H10BrNO3S/c1-9-7-13(16)11(14)8-12(9)15-19(17,18)10-5-3-2-4-6-10/h2-8H,1H3. The Morgan fingerprint density at radius 1 is 1.11 bits per heavy atom. The Balaban J connectivity index is 2.48. The van der Waals surface area contributed by atoms with Gasteiger partial charge >= 0.3 is 0 Å². The third-order valence-corrected chi connectivity index (χ3v) is 4.43. The highest BCUT2D eigenvalue weighted by Crippen LogP contribution is 2.20. The predicted molar refractivity (Wildman–Crippen MR) is 76.8 cm³/mol. The number of carbonyl (C=O) groups is 1. The average molecular weight is 340 g/mol. The summed E-state index contributed by atoms with van der Waals surface area (Å²) in [5, 5.41) is 0. The minimum Gasteiger partial charge on any atom is -0.289 e. The Kier molecular flexibility index (Phi) is 3.82. The second-order valence-electron chi connectivity index (χ2n) is 3.95. The summed E-state index contributed by atoms with van der Waals surface area (Å²) in [6.07, 6.45) is 2.77. The monoisotopic (exact) mass is 339 g/mol. The topological polar surface area (TPSA) is 63.6 Å². The van der Waals surface area contributed by atoms with Gasteiger partial charge in [0.05, 0.1) is 15.1 Å². The fraction of sp³-hybridized carbons (Fsp3) is 0.0769. The molecule has 1 aliphatic carbocycles. The van der Waals surface area contributed by atoms with Gasteiger partial charge in [-0.3, -0.25) is 4.79 Å². The van der Waals surface area contributed by atoms with Crippen molar-refractivity contribution in [2.45, 2.75) is 11.8 Å². The third kappa shape index (κ3) is 3.08. The van der Waals surface area contributed by atoms with Crippen LogP contribution in [-0.2, 0) is 14.8 Å². The molecule has 0 bridgehead atoms. The minimum absolute atomic E-state index is 0.122. The molecule has 0 amide bonds. The molecule has 0 radical (unpaired) electrons. The van der Waals surface area contributed by atoms with Crippen LogP contribution in [0.4, 0.5) is 0 Å². The molecule has 0 fully saturated rings. The van der Waals surface area contributed by atoms with Gasteiger partial charge in [0.15, 0.2) is 5.78 Å². The Hall–Kier alpha value is -1.53. The molecule has 1 aromatic carbocycles. The SMILES string of the molecule is CC1=CC(=O)C(Br)=CC1=NS(=O)(=O)c1ccccc1. The maximum atomic E-state index is 12.1. The van der Waals surface area contributed by atoms with Crippen molar-refractivity contribution in [2.24, 2.45) is 4.40 Å². The largest absolute Gasteiger partial charge is 0.289 e. The molecule has 6 heteroatoms. The zero-order valence-corrected chi connectivity index (χ0v) is 12.4. The highest BCUT2D eigenvalue weighted by molar-refractivity contribution is 9.12. The first-order valence-electron chi connectivity index (χ1n) is 5.40. The summed E-state index contributed by atoms with van der Waals surface area (Å²) in [5.41, 5.74) is 0.781. The number of allylic oxidation sites excluding steroid dienone is 4. The van der Waals surface area contributed by atoms with Crippen LogP contribution in [0.2, 0.25) is 0 Å². The summed E-state index contributed by atoms with van der Waals surface area (Å²) >= 11 is 3.08. The van der Waals surface area contributed by atoms with E-state index in [4.69, 9.17) is 0 Å². The van der Waals surface area contributed by atoms with Crippen LogP contribution in [-0.4, -0.2) is 19.9 Å². The fourth-order valence-electron chi connectivity index (χ4n) is 1.52. The van der Waals surface area contributed by atoms with E-state index in [9.17, 15) is 13.2 Å². The Morgan fingerprint density at radius 3 is 2.37 bits per heavy atom. The van der Waals surface area contributed by atoms with Gasteiger partial charge < -0.3 is 0 Å². The lowest BCUT2D eigenvalue weighted by molar-refractivity contribution is -0.110. The molecule has 98 valence electrons. The van der Waals surface area contributed by atoms with Crippen LogP contribution < -0.4 is 0 Å². The summed E-state index contributed by atoms with van der Waals surface area (Å²) < 4.78 is 28.2. The lowest BCUT2D eigenvalue weighted by atomic mass is 10.1. The molecule has 0 unspecified atom stereocenters. The van der Waals surface area contributed by atoms with Gasteiger partial charge in [0.25, 0.3) is 10.0 Å². The molecule has 0 aliphatic heterocycles. The molecule has 0 N–H and O–H groups in total. The van der Waals surface area contributed by atoms with Crippen LogP contribution in [0.3, 0.4) is 0 Å². The molecule has 0 saturated heterocycles. The van der Waals surface area contributed by atoms with Crippen molar-refractivity contribution in [3.63, 3.8) is 0 Å². The molecular weight excluding hydrogens is 330 g/mol. The minimum atomic E-state index is -3.76. The molecular formula is C13H10BrNO3S. The molecule has 0 saturated carbocycles. The Bertz CT molecular complexity index is 716. The van der Waals surface area contributed by atoms with Crippen LogP contribution in [0.15, 0.2) is 61.8 Å². The second kappa shape index (κ2) is 5.22. The van der Waals surface area contributed by atoms with E-state index in [-0.39, 0.29) is 16.4 Å². The highest BCUT2D eigenvalue weighted by atomic mass is 79.9. The first-order valence-corrected chi connectivity index (χ1v) is 7.64. The summed E-state index contributed by atoms with van der Waals surface area (Å²) in [6, 6.07) is 7.95. The average Bonchev–Trinajstić information content (AvgIpc) is 2.37. The summed E-state index contributed by atoms with van der Waals surface area (Å²) in [7, 11) is -3.76. The van der Waals surface area contributed by atoms with Crippen molar-refractivity contribution in [2.75, 3.05) is 0 Å². The molecule has 0 atom stereocenters. The quantitative estimate of drug-likeness (QED) is 0.778. The predicted octanol–water partition coefficient (Wildman–Crippen LogP) is 2.62. The van der Waals surface area contributed by atoms with Crippen LogP contribution >= 0.6 is 15.9 Å². The molecule has 0 aromatic heterocycles. The lowest BCUT2D eigenvalue weighted by Gasteiger charge is -2.08. The summed E-state index contributed by atoms with van der Waals surface area (Å²) in [4.78, 5) is 11.5. The van der Waals surface area contributed by atoms with Crippen molar-refractivity contribution in [1.29, 1.82) is 0 Å². The van der Waals surface area contributed by atoms with Gasteiger partial charge in [-0.2, -0.15) is 12.8 Å². The first kappa shape index (κ1) is 13.9. The maximum absolute atomic E-state index is 12.1. The van der Waals surface area contributed by atoms with Crippen LogP contribution in [0.1, 0.15) is 6.92 Å². The zero-order chi connectivity index (χ0) is 14.0. The van der Waals surface area contributed by atoms with Gasteiger partial charge in [0, 0.05) is 0 Å². The van der Waals surface area contributed by atoms with Crippen molar-refractivity contribution < 1.29 is 13.2 Å². The fourth-order valence-corrected chi connectivity index (χ4v) is 2.91. The normalized spacial score (nSPS) is 18.2. The van der Waals surface area contributed by atoms with E-state index in [2.05, 4.69) is 20.3 Å². The van der Waals surface area contributed by atoms with E-state index in [0.29, 0.717) is 10.1 Å². The third-order valence-electron chi connectivity index (χ3n) is 2.51. The molecule has 1 aromatic rings. The molecule has 2 rings (SSSR count). The van der Waals surface area contributed by atoms with E-state index in [0.717, 1.165) is 0 Å². The number of halogens is 1. The van der Waals surface area contributed by atoms with Crippen molar-refractivity contribution in [3.05, 3.63) is 52.5 Å². The number of sulfonamides is 1. The highest BCUT2D eigenvalue weighted by Gasteiger charge is 2.18. The Morgan fingerprint density at radius 2 is 1.74 bits per heavy atom. The number of nitrogens with zero attached hydrogens (tertiary/aromatic N) is 1. The van der Waals surface area contributed by atoms with E-state index in [1.54, 1.807) is 25.1 Å². The molecule has 0 spiro atoms. The van der Waals surface area contributed by atoms with Gasteiger partial charge in [-0.1, -0.05) is 18.2 Å². The van der Waals surface area contributed by atoms with E-state index in [1.807, 2.05) is 0 Å². The molecule has 4 nitrogen and oxygen atoms in total. The van der Waals surface area contributed by atoms with Gasteiger partial charge in [0.1, 0.15) is 0 Å². The van der Waals surface area contributed by atoms with Gasteiger partial charge in [-0.25, -0.2) is 0 Å². The zero-order valence-electron chi connectivity index (χ0n) is 10.00. The molecule has 19 heavy (non-hydrogen) atoms. The number of ketones is 1. The number of carbonyl (C=O) groups excluding carboxylic acids is 1. The van der Waals surface area contributed by atoms with Crippen LogP contribution in [0, 0.1) is 0 Å². The lowest BCUT2D eigenvalue weighted by Crippen LogP contribution is -2.11. The second-order valence-corrected chi connectivity index (χ2v) is 6.41. The van der Waals surface area contributed by atoms with Gasteiger partial charge in [-0.05, 0) is 52.7 Å². The number of rotatable bonds is 2. The van der Waals surface area contributed by atoms with E-state index < -0.39 is 10.0 Å². The van der Waals surface area contributed by atoms with Gasteiger partial charge in [-0.15, -0.1) is 0 Å².